The van der Waals surface area contributed by atoms with E-state index < -0.39 is 0 Å². The minimum Gasteiger partial charge on any atom is -0.444 e. The average molecular weight is 486 g/mol. The van der Waals surface area contributed by atoms with Gasteiger partial charge in [0.15, 0.2) is 0 Å². The summed E-state index contributed by atoms with van der Waals surface area (Å²) in [7, 11) is 0. The van der Waals surface area contributed by atoms with E-state index in [-0.39, 0.29) is 18.1 Å². The predicted octanol–water partition coefficient (Wildman–Crippen LogP) is 4.17. The highest BCUT2D eigenvalue weighted by Crippen LogP contribution is 2.35. The van der Waals surface area contributed by atoms with E-state index in [9.17, 15) is 9.59 Å². The molecule has 0 bridgehead atoms. The van der Waals surface area contributed by atoms with Gasteiger partial charge in [0.2, 0.25) is 5.91 Å². The number of nitriles is 1. The Morgan fingerprint density at radius 3 is 2.94 bits per heavy atom. The average Bonchev–Trinajstić information content (AvgIpc) is 3.26. The second-order valence-corrected chi connectivity index (χ2v) is 9.34. The summed E-state index contributed by atoms with van der Waals surface area (Å²) < 4.78 is 5.56. The van der Waals surface area contributed by atoms with E-state index in [1.165, 1.54) is 11.8 Å². The lowest BCUT2D eigenvalue weighted by atomic mass is 10.1. The standard InChI is InChI=1S/C26H23N5O3S/c27-13-19-5-2-6-22(29-19)18-4-1-3-17(11-18)14-28-10-9-21-15-31(26(33)34-21)20-7-8-24-23(12-20)30-25(32)16-35-24/h1-8,11-12,21,28H,9-10,14-16H2,(H,30,32)/t21-/m1/s1. The number of aromatic nitrogens is 1. The molecule has 0 unspecified atom stereocenters. The Balaban J connectivity index is 1.14. The number of fused-ring (bicyclic) bond motifs is 1. The number of hydrogen-bond acceptors (Lipinski definition) is 7. The number of nitrogens with zero attached hydrogens (tertiary/aromatic N) is 3. The molecule has 1 fully saturated rings. The molecule has 8 nitrogen and oxygen atoms in total. The van der Waals surface area contributed by atoms with Gasteiger partial charge in [-0.1, -0.05) is 24.3 Å². The topological polar surface area (TPSA) is 107 Å². The van der Waals surface area contributed by atoms with Crippen molar-refractivity contribution >= 4 is 35.1 Å². The number of cyclic esters (lactones) is 1. The molecule has 2 aliphatic rings. The first-order chi connectivity index (χ1) is 17.1. The lowest BCUT2D eigenvalue weighted by Gasteiger charge is -2.20. The highest BCUT2D eigenvalue weighted by atomic mass is 32.2. The molecule has 1 aromatic heterocycles. The van der Waals surface area contributed by atoms with Crippen LogP contribution in [0.3, 0.4) is 0 Å². The van der Waals surface area contributed by atoms with Gasteiger partial charge in [-0.2, -0.15) is 5.26 Å². The Morgan fingerprint density at radius 2 is 2.06 bits per heavy atom. The molecule has 5 rings (SSSR count). The van der Waals surface area contributed by atoms with Crippen molar-refractivity contribution in [1.82, 2.24) is 10.3 Å². The highest BCUT2D eigenvalue weighted by molar-refractivity contribution is 8.00. The fraction of sp³-hybridized carbons (Fsp3) is 0.231. The Labute approximate surface area is 207 Å². The number of nitrogens with one attached hydrogen (secondary N) is 2. The van der Waals surface area contributed by atoms with Crippen LogP contribution in [0.4, 0.5) is 16.2 Å². The van der Waals surface area contributed by atoms with Gasteiger partial charge in [0, 0.05) is 22.7 Å². The second-order valence-electron chi connectivity index (χ2n) is 8.32. The summed E-state index contributed by atoms with van der Waals surface area (Å²) in [5, 5.41) is 15.4. The molecule has 0 saturated carbocycles. The van der Waals surface area contributed by atoms with Crippen molar-refractivity contribution in [3.05, 3.63) is 71.9 Å². The number of ether oxygens (including phenoxy) is 1. The molecule has 176 valence electrons. The molecule has 2 amide bonds. The van der Waals surface area contributed by atoms with Crippen LogP contribution in [0.25, 0.3) is 11.3 Å². The smallest absolute Gasteiger partial charge is 0.414 e. The molecular formula is C26H23N5O3S. The van der Waals surface area contributed by atoms with Crippen molar-refractivity contribution in [2.24, 2.45) is 0 Å². The summed E-state index contributed by atoms with van der Waals surface area (Å²) in [5.41, 5.74) is 4.68. The van der Waals surface area contributed by atoms with E-state index in [1.54, 1.807) is 11.0 Å². The molecule has 9 heteroatoms. The van der Waals surface area contributed by atoms with Crippen molar-refractivity contribution in [1.29, 1.82) is 5.26 Å². The van der Waals surface area contributed by atoms with E-state index in [0.29, 0.717) is 37.5 Å². The first kappa shape index (κ1) is 22.9. The van der Waals surface area contributed by atoms with E-state index in [2.05, 4.69) is 27.8 Å². The molecule has 3 aromatic rings. The number of benzene rings is 2. The van der Waals surface area contributed by atoms with E-state index in [1.807, 2.05) is 48.5 Å². The highest BCUT2D eigenvalue weighted by Gasteiger charge is 2.32. The Morgan fingerprint density at radius 1 is 1.17 bits per heavy atom. The van der Waals surface area contributed by atoms with Crippen LogP contribution >= 0.6 is 11.8 Å². The lowest BCUT2D eigenvalue weighted by molar-refractivity contribution is -0.113. The summed E-state index contributed by atoms with van der Waals surface area (Å²) in [5.74, 6) is 0.369. The quantitative estimate of drug-likeness (QED) is 0.484. The molecule has 1 saturated heterocycles. The largest absolute Gasteiger partial charge is 0.444 e. The normalized spacial score (nSPS) is 16.9. The zero-order valence-electron chi connectivity index (χ0n) is 18.9. The van der Waals surface area contributed by atoms with Gasteiger partial charge < -0.3 is 15.4 Å². The van der Waals surface area contributed by atoms with Crippen LogP contribution in [0.2, 0.25) is 0 Å². The van der Waals surface area contributed by atoms with E-state index >= 15 is 0 Å². The molecule has 2 aliphatic heterocycles. The van der Waals surface area contributed by atoms with Crippen LogP contribution in [0, 0.1) is 11.3 Å². The Kier molecular flexibility index (Phi) is 6.66. The van der Waals surface area contributed by atoms with Crippen LogP contribution in [-0.2, 0) is 16.1 Å². The van der Waals surface area contributed by atoms with Gasteiger partial charge in [-0.3, -0.25) is 9.69 Å². The number of rotatable bonds is 7. The minimum absolute atomic E-state index is 0.0370. The molecule has 3 heterocycles. The van der Waals surface area contributed by atoms with Crippen LogP contribution < -0.4 is 15.5 Å². The van der Waals surface area contributed by atoms with Gasteiger partial charge in [0.05, 0.1) is 23.7 Å². The molecule has 0 radical (unpaired) electrons. The molecule has 0 aliphatic carbocycles. The SMILES string of the molecule is N#Cc1cccc(-c2cccc(CNCC[C@@H]3CN(c4ccc5c(c4)NC(=O)CS5)C(=O)O3)c2)n1. The zero-order valence-corrected chi connectivity index (χ0v) is 19.7. The van der Waals surface area contributed by atoms with Gasteiger partial charge in [-0.25, -0.2) is 9.78 Å². The number of carbonyl (C=O) groups is 2. The fourth-order valence-corrected chi connectivity index (χ4v) is 4.90. The maximum Gasteiger partial charge on any atom is 0.414 e. The summed E-state index contributed by atoms with van der Waals surface area (Å²) in [4.78, 5) is 31.1. The molecule has 2 N–H and O–H groups in total. The summed E-state index contributed by atoms with van der Waals surface area (Å²) in [6, 6.07) is 21.2. The monoisotopic (exact) mass is 485 g/mol. The van der Waals surface area contributed by atoms with Crippen molar-refractivity contribution in [3.8, 4) is 17.3 Å². The van der Waals surface area contributed by atoms with E-state index in [0.717, 1.165) is 33.1 Å². The summed E-state index contributed by atoms with van der Waals surface area (Å²) in [6.45, 7) is 1.82. The number of pyridine rings is 1. The third-order valence-electron chi connectivity index (χ3n) is 5.84. The number of hydrogen-bond donors (Lipinski definition) is 2. The van der Waals surface area contributed by atoms with Crippen molar-refractivity contribution < 1.29 is 14.3 Å². The van der Waals surface area contributed by atoms with Crippen molar-refractivity contribution in [2.45, 2.75) is 24.0 Å². The minimum atomic E-state index is -0.371. The first-order valence-electron chi connectivity index (χ1n) is 11.3. The Hall–Kier alpha value is -3.87. The van der Waals surface area contributed by atoms with Crippen molar-refractivity contribution in [2.75, 3.05) is 29.1 Å². The number of anilines is 2. The van der Waals surface area contributed by atoms with Crippen LogP contribution in [0.1, 0.15) is 17.7 Å². The maximum absolute atomic E-state index is 12.5. The van der Waals surface area contributed by atoms with Crippen molar-refractivity contribution in [3.63, 3.8) is 0 Å². The van der Waals surface area contributed by atoms with Crippen LogP contribution in [-0.4, -0.2) is 41.9 Å². The molecule has 0 spiro atoms. The van der Waals surface area contributed by atoms with Crippen LogP contribution in [0.5, 0.6) is 0 Å². The number of carbonyl (C=O) groups excluding carboxylic acids is 2. The molecule has 2 aromatic carbocycles. The Bertz CT molecular complexity index is 1320. The van der Waals surface area contributed by atoms with Gasteiger partial charge in [-0.15, -0.1) is 11.8 Å². The number of thioether (sulfide) groups is 1. The lowest BCUT2D eigenvalue weighted by Crippen LogP contribution is -2.26. The van der Waals surface area contributed by atoms with E-state index in [4.69, 9.17) is 10.00 Å². The van der Waals surface area contributed by atoms with Gasteiger partial charge in [-0.05, 0) is 54.9 Å². The van der Waals surface area contributed by atoms with Gasteiger partial charge in [0.25, 0.3) is 0 Å². The molecular weight excluding hydrogens is 462 g/mol. The molecule has 1 atom stereocenters. The van der Waals surface area contributed by atoms with Gasteiger partial charge >= 0.3 is 6.09 Å². The first-order valence-corrected chi connectivity index (χ1v) is 12.3. The third kappa shape index (κ3) is 5.29. The fourth-order valence-electron chi connectivity index (χ4n) is 4.12. The summed E-state index contributed by atoms with van der Waals surface area (Å²) in [6.07, 6.45) is 0.106. The predicted molar refractivity (Wildman–Crippen MR) is 134 cm³/mol. The third-order valence-corrected chi connectivity index (χ3v) is 6.91. The second kappa shape index (κ2) is 10.2. The van der Waals surface area contributed by atoms with Crippen LogP contribution in [0.15, 0.2) is 65.6 Å². The number of amides is 2. The van der Waals surface area contributed by atoms with Gasteiger partial charge in [0.1, 0.15) is 17.9 Å². The zero-order chi connectivity index (χ0) is 24.2. The maximum atomic E-state index is 12.5. The molecule has 35 heavy (non-hydrogen) atoms. The summed E-state index contributed by atoms with van der Waals surface area (Å²) >= 11 is 1.49.